The maximum absolute atomic E-state index is 10.6. The van der Waals surface area contributed by atoms with E-state index in [1.807, 2.05) is 60.7 Å². The third-order valence-corrected chi connectivity index (χ3v) is 2.67. The molecule has 2 heteroatoms. The molecule has 2 aromatic carbocycles. The van der Waals surface area contributed by atoms with Crippen LogP contribution in [0.4, 0.5) is 0 Å². The molecule has 106 valence electrons. The fourth-order valence-corrected chi connectivity index (χ4v) is 1.84. The maximum Gasteiger partial charge on any atom is 0.134 e. The Morgan fingerprint density at radius 1 is 0.950 bits per heavy atom. The van der Waals surface area contributed by atoms with E-state index in [9.17, 15) is 4.79 Å². The topological polar surface area (TPSA) is 37.3 Å². The number of rotatable bonds is 4. The Kier molecular flexibility index (Phi) is 7.30. The summed E-state index contributed by atoms with van der Waals surface area (Å²) in [5.74, 6) is 0.214. The van der Waals surface area contributed by atoms with Crippen molar-refractivity contribution in [2.75, 3.05) is 0 Å². The van der Waals surface area contributed by atoms with E-state index < -0.39 is 0 Å². The van der Waals surface area contributed by atoms with Gasteiger partial charge in [-0.2, -0.15) is 0 Å². The monoisotopic (exact) mass is 270 g/mol. The highest BCUT2D eigenvalue weighted by Gasteiger charge is 1.95. The molecule has 0 radical (unpaired) electrons. The van der Waals surface area contributed by atoms with Crippen molar-refractivity contribution in [3.05, 3.63) is 71.8 Å². The highest BCUT2D eigenvalue weighted by atomic mass is 16.3. The minimum atomic E-state index is -0.234. The fraction of sp³-hybridized carbons (Fsp3) is 0.278. The van der Waals surface area contributed by atoms with Gasteiger partial charge in [-0.3, -0.25) is 4.79 Å². The van der Waals surface area contributed by atoms with E-state index in [4.69, 9.17) is 5.11 Å². The summed E-state index contributed by atoms with van der Waals surface area (Å²) in [5.41, 5.74) is 2.28. The summed E-state index contributed by atoms with van der Waals surface area (Å²) in [6.45, 7) is 3.40. The van der Waals surface area contributed by atoms with Crippen LogP contribution in [0.5, 0.6) is 0 Å². The average molecular weight is 270 g/mol. The van der Waals surface area contributed by atoms with Crippen LogP contribution in [0.3, 0.4) is 0 Å². The van der Waals surface area contributed by atoms with Crippen LogP contribution in [-0.2, 0) is 17.6 Å². The molecule has 1 N–H and O–H groups in total. The van der Waals surface area contributed by atoms with Crippen LogP contribution in [0, 0.1) is 0 Å². The molecule has 0 aromatic heterocycles. The number of hydrogen-bond donors (Lipinski definition) is 1. The number of carbonyl (C=O) groups is 1. The summed E-state index contributed by atoms with van der Waals surface area (Å²) < 4.78 is 0. The molecule has 0 saturated carbocycles. The Morgan fingerprint density at radius 2 is 1.40 bits per heavy atom. The Hall–Kier alpha value is -1.93. The lowest BCUT2D eigenvalue weighted by atomic mass is 10.1. The van der Waals surface area contributed by atoms with Gasteiger partial charge in [0.2, 0.25) is 0 Å². The number of aliphatic hydroxyl groups excluding tert-OH is 1. The normalized spacial score (nSPS) is 11.2. The van der Waals surface area contributed by atoms with Gasteiger partial charge in [-0.25, -0.2) is 0 Å². The second kappa shape index (κ2) is 9.05. The number of benzene rings is 2. The lowest BCUT2D eigenvalue weighted by Crippen LogP contribution is -2.03. The average Bonchev–Trinajstić information content (AvgIpc) is 2.40. The van der Waals surface area contributed by atoms with Gasteiger partial charge in [0.1, 0.15) is 5.78 Å². The summed E-state index contributed by atoms with van der Waals surface area (Å²) in [5, 5.41) is 9.01. The first-order valence-corrected chi connectivity index (χ1v) is 6.83. The van der Waals surface area contributed by atoms with E-state index in [0.29, 0.717) is 6.42 Å². The quantitative estimate of drug-likeness (QED) is 0.924. The first-order chi connectivity index (χ1) is 9.58. The third-order valence-electron chi connectivity index (χ3n) is 2.67. The predicted molar refractivity (Wildman–Crippen MR) is 82.7 cm³/mol. The van der Waals surface area contributed by atoms with Gasteiger partial charge in [-0.15, -0.1) is 0 Å². The van der Waals surface area contributed by atoms with Crippen molar-refractivity contribution in [2.45, 2.75) is 32.8 Å². The smallest absolute Gasteiger partial charge is 0.134 e. The second-order valence-electron chi connectivity index (χ2n) is 4.90. The van der Waals surface area contributed by atoms with Crippen LogP contribution < -0.4 is 0 Å². The molecule has 0 saturated heterocycles. The van der Waals surface area contributed by atoms with Crippen molar-refractivity contribution >= 4 is 5.78 Å². The number of Topliss-reactive ketones (excluding diaryl/α,β-unsaturated/α-hetero) is 1. The molecule has 2 aromatic rings. The van der Waals surface area contributed by atoms with Crippen molar-refractivity contribution in [2.24, 2.45) is 0 Å². The molecule has 2 nitrogen and oxygen atoms in total. The molecule has 20 heavy (non-hydrogen) atoms. The highest BCUT2D eigenvalue weighted by molar-refractivity contribution is 5.78. The van der Waals surface area contributed by atoms with Gasteiger partial charge in [-0.05, 0) is 31.4 Å². The predicted octanol–water partition coefficient (Wildman–Crippen LogP) is 3.43. The molecule has 0 amide bonds. The molecule has 0 aliphatic heterocycles. The van der Waals surface area contributed by atoms with Crippen molar-refractivity contribution in [3.63, 3.8) is 0 Å². The Morgan fingerprint density at radius 3 is 1.80 bits per heavy atom. The standard InChI is InChI=1S/C9H12O.C9H10O/c2*1-8(10)7-9-5-3-2-4-6-9/h2-6,8,10H,7H2,1H3;2-6H,7H2,1H3. The van der Waals surface area contributed by atoms with Crippen LogP contribution in [0.2, 0.25) is 0 Å². The zero-order valence-electron chi connectivity index (χ0n) is 12.1. The maximum atomic E-state index is 10.6. The molecule has 0 bridgehead atoms. The number of aliphatic hydroxyl groups is 1. The summed E-state index contributed by atoms with van der Waals surface area (Å²) in [4.78, 5) is 10.6. The SMILES string of the molecule is CC(=O)Cc1ccccc1.CC(O)Cc1ccccc1. The lowest BCUT2D eigenvalue weighted by Gasteiger charge is -2.01. The Bertz CT molecular complexity index is 489. The van der Waals surface area contributed by atoms with Crippen LogP contribution in [0.25, 0.3) is 0 Å². The lowest BCUT2D eigenvalue weighted by molar-refractivity contribution is -0.116. The van der Waals surface area contributed by atoms with Gasteiger partial charge in [-0.1, -0.05) is 60.7 Å². The van der Waals surface area contributed by atoms with Gasteiger partial charge in [0.15, 0.2) is 0 Å². The zero-order chi connectivity index (χ0) is 14.8. The van der Waals surface area contributed by atoms with Crippen molar-refractivity contribution in [1.82, 2.24) is 0 Å². The summed E-state index contributed by atoms with van der Waals surface area (Å²) in [7, 11) is 0. The molecule has 0 spiro atoms. The Balaban J connectivity index is 0.000000200. The van der Waals surface area contributed by atoms with Gasteiger partial charge in [0.25, 0.3) is 0 Å². The van der Waals surface area contributed by atoms with Crippen LogP contribution in [-0.4, -0.2) is 17.0 Å². The molecule has 0 aliphatic rings. The van der Waals surface area contributed by atoms with E-state index in [1.165, 1.54) is 5.56 Å². The molecule has 0 fully saturated rings. The molecule has 2 rings (SSSR count). The largest absolute Gasteiger partial charge is 0.393 e. The van der Waals surface area contributed by atoms with Gasteiger partial charge >= 0.3 is 0 Å². The fourth-order valence-electron chi connectivity index (χ4n) is 1.84. The molecule has 0 aliphatic carbocycles. The minimum Gasteiger partial charge on any atom is -0.393 e. The minimum absolute atomic E-state index is 0.214. The number of hydrogen-bond acceptors (Lipinski definition) is 2. The van der Waals surface area contributed by atoms with Crippen LogP contribution >= 0.6 is 0 Å². The summed E-state index contributed by atoms with van der Waals surface area (Å²) in [6.07, 6.45) is 1.07. The molecule has 0 heterocycles. The van der Waals surface area contributed by atoms with Crippen molar-refractivity contribution < 1.29 is 9.90 Å². The van der Waals surface area contributed by atoms with E-state index in [0.717, 1.165) is 12.0 Å². The van der Waals surface area contributed by atoms with Crippen LogP contribution in [0.15, 0.2) is 60.7 Å². The first kappa shape index (κ1) is 16.1. The van der Waals surface area contributed by atoms with E-state index >= 15 is 0 Å². The van der Waals surface area contributed by atoms with E-state index in [-0.39, 0.29) is 11.9 Å². The first-order valence-electron chi connectivity index (χ1n) is 6.83. The second-order valence-corrected chi connectivity index (χ2v) is 4.90. The van der Waals surface area contributed by atoms with Gasteiger partial charge in [0.05, 0.1) is 6.10 Å². The number of carbonyl (C=O) groups excluding carboxylic acids is 1. The van der Waals surface area contributed by atoms with Gasteiger partial charge in [0, 0.05) is 6.42 Å². The zero-order valence-corrected chi connectivity index (χ0v) is 12.1. The molecular formula is C18H22O2. The van der Waals surface area contributed by atoms with E-state index in [1.54, 1.807) is 13.8 Å². The summed E-state index contributed by atoms with van der Waals surface area (Å²) in [6, 6.07) is 19.7. The molecule has 1 atom stereocenters. The summed E-state index contributed by atoms with van der Waals surface area (Å²) >= 11 is 0. The molecule has 1 unspecified atom stereocenters. The third kappa shape index (κ3) is 7.49. The van der Waals surface area contributed by atoms with E-state index in [2.05, 4.69) is 0 Å². The van der Waals surface area contributed by atoms with Gasteiger partial charge < -0.3 is 5.11 Å². The highest BCUT2D eigenvalue weighted by Crippen LogP contribution is 2.01. The van der Waals surface area contributed by atoms with Crippen molar-refractivity contribution in [3.8, 4) is 0 Å². The van der Waals surface area contributed by atoms with Crippen molar-refractivity contribution in [1.29, 1.82) is 0 Å². The number of ketones is 1. The Labute approximate surface area is 121 Å². The molecular weight excluding hydrogens is 248 g/mol. The van der Waals surface area contributed by atoms with Crippen LogP contribution in [0.1, 0.15) is 25.0 Å².